The number of benzene rings is 1. The van der Waals surface area contributed by atoms with Crippen molar-refractivity contribution in [2.75, 3.05) is 41.2 Å². The summed E-state index contributed by atoms with van der Waals surface area (Å²) in [5.41, 5.74) is 1.80. The number of hydrogen-bond donors (Lipinski definition) is 2. The Balaban J connectivity index is 1.61. The van der Waals surface area contributed by atoms with Crippen LogP contribution in [-0.4, -0.2) is 65.7 Å². The molecule has 1 unspecified atom stereocenters. The zero-order valence-electron chi connectivity index (χ0n) is 15.4. The molecule has 3 rings (SSSR count). The van der Waals surface area contributed by atoms with Crippen LogP contribution in [0.25, 0.3) is 0 Å². The molecule has 0 radical (unpaired) electrons. The average molecular weight is 415 g/mol. The maximum absolute atomic E-state index is 12.7. The Bertz CT molecular complexity index is 913. The Kier molecular flexibility index (Phi) is 5.95. The van der Waals surface area contributed by atoms with E-state index in [0.29, 0.717) is 25.5 Å². The Morgan fingerprint density at radius 1 is 1.33 bits per heavy atom. The molecule has 1 saturated heterocycles. The number of rotatable bonds is 6. The predicted octanol–water partition coefficient (Wildman–Crippen LogP) is 0.121. The van der Waals surface area contributed by atoms with Crippen molar-refractivity contribution in [1.29, 1.82) is 0 Å². The highest BCUT2D eigenvalue weighted by atomic mass is 32.2. The third-order valence-corrected chi connectivity index (χ3v) is 8.23. The van der Waals surface area contributed by atoms with Crippen LogP contribution in [-0.2, 0) is 26.3 Å². The van der Waals surface area contributed by atoms with E-state index in [2.05, 4.69) is 15.6 Å². The summed E-state index contributed by atoms with van der Waals surface area (Å²) in [6, 6.07) is 7.35. The highest BCUT2D eigenvalue weighted by Crippen LogP contribution is 2.29. The molecule has 0 aliphatic carbocycles. The van der Waals surface area contributed by atoms with E-state index in [1.807, 2.05) is 31.2 Å². The lowest BCUT2D eigenvalue weighted by atomic mass is 10.2. The number of nitrogens with one attached hydrogen (secondary N) is 2. The van der Waals surface area contributed by atoms with E-state index in [1.54, 1.807) is 0 Å². The summed E-state index contributed by atoms with van der Waals surface area (Å²) in [5.74, 6) is 0.616. The number of guanidine groups is 1. The van der Waals surface area contributed by atoms with Gasteiger partial charge in [-0.05, 0) is 31.4 Å². The second kappa shape index (κ2) is 8.05. The molecule has 2 heterocycles. The highest BCUT2D eigenvalue weighted by molar-refractivity contribution is 7.92. The quantitative estimate of drug-likeness (QED) is 0.506. The number of nitrogens with zero attached hydrogens (tertiary/aromatic N) is 2. The van der Waals surface area contributed by atoms with Crippen LogP contribution in [0.2, 0.25) is 0 Å². The Labute approximate surface area is 161 Å². The van der Waals surface area contributed by atoms with Crippen LogP contribution in [0.3, 0.4) is 0 Å². The van der Waals surface area contributed by atoms with E-state index in [1.165, 1.54) is 4.31 Å². The molecular weight excluding hydrogens is 388 g/mol. The Hall–Kier alpha value is -1.81. The fourth-order valence-corrected chi connectivity index (χ4v) is 6.47. The van der Waals surface area contributed by atoms with Gasteiger partial charge in [0.25, 0.3) is 0 Å². The topological polar surface area (TPSA) is 108 Å². The predicted molar refractivity (Wildman–Crippen MR) is 107 cm³/mol. The first kappa shape index (κ1) is 19.9. The van der Waals surface area contributed by atoms with Gasteiger partial charge in [0.15, 0.2) is 15.8 Å². The summed E-state index contributed by atoms with van der Waals surface area (Å²) >= 11 is 0. The molecule has 0 saturated carbocycles. The summed E-state index contributed by atoms with van der Waals surface area (Å²) in [7, 11) is -6.44. The van der Waals surface area contributed by atoms with E-state index in [-0.39, 0.29) is 29.8 Å². The van der Waals surface area contributed by atoms with Gasteiger partial charge >= 0.3 is 0 Å². The maximum atomic E-state index is 12.7. The lowest BCUT2D eigenvalue weighted by molar-refractivity contribution is 0.592. The number of aliphatic imine (C=N–C) groups is 1. The van der Waals surface area contributed by atoms with Crippen molar-refractivity contribution in [3.8, 4) is 0 Å². The Morgan fingerprint density at radius 2 is 2.11 bits per heavy atom. The second-order valence-corrected chi connectivity index (χ2v) is 11.0. The highest BCUT2D eigenvalue weighted by Gasteiger charge is 2.30. The monoisotopic (exact) mass is 414 g/mol. The minimum Gasteiger partial charge on any atom is -0.357 e. The van der Waals surface area contributed by atoms with Crippen LogP contribution >= 0.6 is 0 Å². The molecular formula is C17H26N4O4S2. The minimum absolute atomic E-state index is 0.0836. The van der Waals surface area contributed by atoms with E-state index in [4.69, 9.17) is 0 Å². The van der Waals surface area contributed by atoms with Gasteiger partial charge in [-0.3, -0.25) is 9.30 Å². The summed E-state index contributed by atoms with van der Waals surface area (Å²) in [6.07, 6.45) is 1.26. The molecule has 27 heavy (non-hydrogen) atoms. The number of para-hydroxylation sites is 1. The van der Waals surface area contributed by atoms with Crippen molar-refractivity contribution < 1.29 is 16.8 Å². The number of hydrogen-bond acceptors (Lipinski definition) is 5. The molecule has 0 amide bonds. The maximum Gasteiger partial charge on any atom is 0.237 e. The normalized spacial score (nSPS) is 21.9. The van der Waals surface area contributed by atoms with Crippen LogP contribution in [0.1, 0.15) is 18.9 Å². The number of anilines is 1. The van der Waals surface area contributed by atoms with Gasteiger partial charge in [-0.15, -0.1) is 0 Å². The van der Waals surface area contributed by atoms with Crippen molar-refractivity contribution in [3.63, 3.8) is 0 Å². The third-order valence-electron chi connectivity index (χ3n) is 4.72. The Morgan fingerprint density at radius 3 is 2.81 bits per heavy atom. The van der Waals surface area contributed by atoms with Crippen molar-refractivity contribution >= 4 is 31.5 Å². The van der Waals surface area contributed by atoms with Gasteiger partial charge in [0.1, 0.15) is 0 Å². The molecule has 8 nitrogen and oxygen atoms in total. The lowest BCUT2D eigenvalue weighted by Gasteiger charge is -2.19. The average Bonchev–Trinajstić information content (AvgIpc) is 3.18. The van der Waals surface area contributed by atoms with Crippen LogP contribution in [0.15, 0.2) is 29.3 Å². The van der Waals surface area contributed by atoms with Gasteiger partial charge in [-0.2, -0.15) is 0 Å². The van der Waals surface area contributed by atoms with E-state index in [9.17, 15) is 16.8 Å². The standard InChI is InChI=1S/C17H26N4O4S2/c1-2-18-17(20-15-8-11-26(22,23)13-15)19-9-12-27(24,25)21-10-7-14-5-3-4-6-16(14)21/h3-6,15H,2,7-13H2,1H3,(H2,18,19,20). The zero-order valence-corrected chi connectivity index (χ0v) is 17.0. The molecule has 0 aromatic heterocycles. The van der Waals surface area contributed by atoms with Gasteiger partial charge in [0.2, 0.25) is 10.0 Å². The van der Waals surface area contributed by atoms with Gasteiger partial charge in [0.05, 0.1) is 29.5 Å². The van der Waals surface area contributed by atoms with Crippen molar-refractivity contribution in [3.05, 3.63) is 29.8 Å². The molecule has 2 aliphatic heterocycles. The van der Waals surface area contributed by atoms with Gasteiger partial charge in [-0.1, -0.05) is 18.2 Å². The fraction of sp³-hybridized carbons (Fsp3) is 0.588. The van der Waals surface area contributed by atoms with Crippen molar-refractivity contribution in [2.24, 2.45) is 4.99 Å². The largest absolute Gasteiger partial charge is 0.357 e. The van der Waals surface area contributed by atoms with Crippen molar-refractivity contribution in [2.45, 2.75) is 25.8 Å². The number of sulfonamides is 1. The zero-order chi connectivity index (χ0) is 19.5. The molecule has 2 N–H and O–H groups in total. The minimum atomic E-state index is -3.46. The van der Waals surface area contributed by atoms with Crippen LogP contribution < -0.4 is 14.9 Å². The molecule has 0 bridgehead atoms. The van der Waals surface area contributed by atoms with Gasteiger partial charge < -0.3 is 10.6 Å². The molecule has 10 heteroatoms. The summed E-state index contributed by atoms with van der Waals surface area (Å²) in [4.78, 5) is 4.33. The summed E-state index contributed by atoms with van der Waals surface area (Å²) < 4.78 is 50.0. The van der Waals surface area contributed by atoms with Gasteiger partial charge in [0, 0.05) is 19.1 Å². The van der Waals surface area contributed by atoms with Gasteiger partial charge in [-0.25, -0.2) is 16.8 Å². The van der Waals surface area contributed by atoms with Crippen LogP contribution in [0.5, 0.6) is 0 Å². The molecule has 0 spiro atoms. The van der Waals surface area contributed by atoms with E-state index < -0.39 is 19.9 Å². The summed E-state index contributed by atoms with van der Waals surface area (Å²) in [6.45, 7) is 3.08. The van der Waals surface area contributed by atoms with Crippen LogP contribution in [0.4, 0.5) is 5.69 Å². The molecule has 150 valence electrons. The van der Waals surface area contributed by atoms with E-state index >= 15 is 0 Å². The second-order valence-electron chi connectivity index (χ2n) is 6.77. The first-order chi connectivity index (χ1) is 12.8. The molecule has 1 aromatic rings. The lowest BCUT2D eigenvalue weighted by Crippen LogP contribution is -2.44. The first-order valence-electron chi connectivity index (χ1n) is 9.14. The molecule has 1 fully saturated rings. The number of sulfone groups is 1. The molecule has 1 atom stereocenters. The first-order valence-corrected chi connectivity index (χ1v) is 12.6. The summed E-state index contributed by atoms with van der Waals surface area (Å²) in [5, 5.41) is 6.14. The van der Waals surface area contributed by atoms with Crippen molar-refractivity contribution in [1.82, 2.24) is 10.6 Å². The number of fused-ring (bicyclic) bond motifs is 1. The van der Waals surface area contributed by atoms with E-state index in [0.717, 1.165) is 17.7 Å². The molecule has 2 aliphatic rings. The molecule has 1 aromatic carbocycles. The van der Waals surface area contributed by atoms with Crippen LogP contribution in [0, 0.1) is 0 Å². The third kappa shape index (κ3) is 4.92. The smallest absolute Gasteiger partial charge is 0.237 e. The fourth-order valence-electron chi connectivity index (χ4n) is 3.40. The SMILES string of the molecule is CCNC(=NCCS(=O)(=O)N1CCc2ccccc21)NC1CCS(=O)(=O)C1.